The van der Waals surface area contributed by atoms with Gasteiger partial charge in [0.2, 0.25) is 0 Å². The molecule has 0 unspecified atom stereocenters. The van der Waals surface area contributed by atoms with Crippen LogP contribution in [0.1, 0.15) is 43.0 Å². The number of aromatic nitrogens is 1. The van der Waals surface area contributed by atoms with Crippen molar-refractivity contribution in [2.24, 2.45) is 24.8 Å². The number of nitrogens with zero attached hydrogens (tertiary/aromatic N) is 1. The summed E-state index contributed by atoms with van der Waals surface area (Å²) in [6, 6.07) is 4.06. The van der Waals surface area contributed by atoms with Gasteiger partial charge in [-0.25, -0.2) is 4.57 Å². The Hall–Kier alpha value is -1.38. The molecule has 3 rings (SSSR count). The van der Waals surface area contributed by atoms with Gasteiger partial charge in [-0.1, -0.05) is 6.42 Å². The van der Waals surface area contributed by atoms with Crippen molar-refractivity contribution in [2.45, 2.75) is 38.6 Å². The van der Waals surface area contributed by atoms with Crippen LogP contribution in [0.2, 0.25) is 0 Å². The van der Waals surface area contributed by atoms with Gasteiger partial charge in [0.1, 0.15) is 7.05 Å². The van der Waals surface area contributed by atoms with E-state index >= 15 is 0 Å². The standard InChI is InChI=1S/C16H22N2O/c1-11(15-10-12-3-4-14(15)9-12)17-16(19)13-5-7-18(2)8-6-13/h5-8,11-12,14-15H,3-4,9-10H2,1-2H3/p+1/t11-,12+,14+,15-/m1/s1. The van der Waals surface area contributed by atoms with Gasteiger partial charge in [-0.2, -0.15) is 0 Å². The monoisotopic (exact) mass is 259 g/mol. The minimum Gasteiger partial charge on any atom is -0.349 e. The number of carbonyl (C=O) groups is 1. The Labute approximate surface area is 115 Å². The summed E-state index contributed by atoms with van der Waals surface area (Å²) in [4.78, 5) is 12.2. The van der Waals surface area contributed by atoms with Gasteiger partial charge in [0.15, 0.2) is 12.4 Å². The lowest BCUT2D eigenvalue weighted by molar-refractivity contribution is -0.671. The first kappa shape index (κ1) is 12.6. The van der Waals surface area contributed by atoms with E-state index in [9.17, 15) is 4.79 Å². The smallest absolute Gasteiger partial charge is 0.251 e. The first-order valence-corrected chi connectivity index (χ1v) is 7.39. The molecular weight excluding hydrogens is 236 g/mol. The van der Waals surface area contributed by atoms with Crippen LogP contribution in [0.25, 0.3) is 0 Å². The highest BCUT2D eigenvalue weighted by molar-refractivity contribution is 5.94. The lowest BCUT2D eigenvalue weighted by atomic mass is 9.84. The molecule has 4 atom stereocenters. The molecule has 0 aliphatic heterocycles. The van der Waals surface area contributed by atoms with Crippen LogP contribution in [0.15, 0.2) is 24.5 Å². The van der Waals surface area contributed by atoms with Crippen molar-refractivity contribution < 1.29 is 9.36 Å². The van der Waals surface area contributed by atoms with Gasteiger partial charge >= 0.3 is 0 Å². The molecule has 19 heavy (non-hydrogen) atoms. The maximum atomic E-state index is 12.2. The summed E-state index contributed by atoms with van der Waals surface area (Å²) < 4.78 is 1.94. The predicted molar refractivity (Wildman–Crippen MR) is 73.5 cm³/mol. The fraction of sp³-hybridized carbons (Fsp3) is 0.625. The lowest BCUT2D eigenvalue weighted by Gasteiger charge is -2.28. The summed E-state index contributed by atoms with van der Waals surface area (Å²) >= 11 is 0. The molecular formula is C16H23N2O+. The van der Waals surface area contributed by atoms with Crippen LogP contribution in [0.5, 0.6) is 0 Å². The Bertz CT molecular complexity index is 468. The molecule has 0 saturated heterocycles. The van der Waals surface area contributed by atoms with Gasteiger partial charge < -0.3 is 5.32 Å². The summed E-state index contributed by atoms with van der Waals surface area (Å²) in [6.07, 6.45) is 9.32. The van der Waals surface area contributed by atoms with Crippen LogP contribution in [-0.4, -0.2) is 11.9 Å². The molecule has 2 aliphatic rings. The summed E-state index contributed by atoms with van der Waals surface area (Å²) in [5, 5.41) is 3.19. The zero-order chi connectivity index (χ0) is 13.4. The van der Waals surface area contributed by atoms with E-state index in [0.717, 1.165) is 17.4 Å². The molecule has 2 aliphatic carbocycles. The second-order valence-electron chi connectivity index (χ2n) is 6.35. The highest BCUT2D eigenvalue weighted by atomic mass is 16.1. The first-order chi connectivity index (χ1) is 9.13. The van der Waals surface area contributed by atoms with Crippen LogP contribution >= 0.6 is 0 Å². The topological polar surface area (TPSA) is 33.0 Å². The van der Waals surface area contributed by atoms with E-state index in [-0.39, 0.29) is 5.91 Å². The normalized spacial score (nSPS) is 30.3. The number of pyridine rings is 1. The highest BCUT2D eigenvalue weighted by Gasteiger charge is 2.42. The second kappa shape index (κ2) is 4.95. The molecule has 3 nitrogen and oxygen atoms in total. The van der Waals surface area contributed by atoms with Gasteiger partial charge in [-0.15, -0.1) is 0 Å². The molecule has 1 N–H and O–H groups in total. The van der Waals surface area contributed by atoms with Gasteiger partial charge in [0, 0.05) is 18.2 Å². The summed E-state index contributed by atoms with van der Waals surface area (Å²) in [5.41, 5.74) is 0.758. The molecule has 0 aromatic carbocycles. The molecule has 0 spiro atoms. The Morgan fingerprint density at radius 1 is 1.32 bits per heavy atom. The fourth-order valence-electron chi connectivity index (χ4n) is 3.96. The van der Waals surface area contributed by atoms with Crippen LogP contribution < -0.4 is 9.88 Å². The van der Waals surface area contributed by atoms with E-state index in [0.29, 0.717) is 12.0 Å². The zero-order valence-corrected chi connectivity index (χ0v) is 11.8. The number of hydrogen-bond donors (Lipinski definition) is 1. The van der Waals surface area contributed by atoms with E-state index in [1.807, 2.05) is 36.1 Å². The third-order valence-corrected chi connectivity index (χ3v) is 5.03. The number of rotatable bonds is 3. The molecule has 1 amide bonds. The van der Waals surface area contributed by atoms with Crippen LogP contribution in [0, 0.1) is 17.8 Å². The molecule has 1 heterocycles. The summed E-state index contributed by atoms with van der Waals surface area (Å²) in [6.45, 7) is 2.17. The van der Waals surface area contributed by atoms with E-state index < -0.39 is 0 Å². The molecule has 3 heteroatoms. The largest absolute Gasteiger partial charge is 0.349 e. The predicted octanol–water partition coefficient (Wildman–Crippen LogP) is 2.07. The van der Waals surface area contributed by atoms with Crippen molar-refractivity contribution in [3.8, 4) is 0 Å². The average Bonchev–Trinajstić information content (AvgIpc) is 3.01. The number of aryl methyl sites for hydroxylation is 1. The van der Waals surface area contributed by atoms with E-state index in [4.69, 9.17) is 0 Å². The maximum Gasteiger partial charge on any atom is 0.251 e. The average molecular weight is 259 g/mol. The quantitative estimate of drug-likeness (QED) is 0.828. The number of amides is 1. The van der Waals surface area contributed by atoms with Crippen molar-refractivity contribution in [3.05, 3.63) is 30.1 Å². The number of hydrogen-bond acceptors (Lipinski definition) is 1. The molecule has 2 saturated carbocycles. The molecule has 2 fully saturated rings. The number of carbonyl (C=O) groups excluding carboxylic acids is 1. The third-order valence-electron chi connectivity index (χ3n) is 5.03. The molecule has 1 aromatic heterocycles. The Balaban J connectivity index is 1.61. The van der Waals surface area contributed by atoms with Crippen molar-refractivity contribution in [3.63, 3.8) is 0 Å². The van der Waals surface area contributed by atoms with Crippen molar-refractivity contribution >= 4 is 5.91 Å². The van der Waals surface area contributed by atoms with E-state index in [1.165, 1.54) is 25.7 Å². The minimum atomic E-state index is 0.0656. The molecule has 2 bridgehead atoms. The fourth-order valence-corrected chi connectivity index (χ4v) is 3.96. The van der Waals surface area contributed by atoms with E-state index in [2.05, 4.69) is 12.2 Å². The van der Waals surface area contributed by atoms with Crippen LogP contribution in [-0.2, 0) is 7.05 Å². The van der Waals surface area contributed by atoms with Crippen molar-refractivity contribution in [1.29, 1.82) is 0 Å². The van der Waals surface area contributed by atoms with Crippen molar-refractivity contribution in [1.82, 2.24) is 5.32 Å². The second-order valence-corrected chi connectivity index (χ2v) is 6.35. The molecule has 1 aromatic rings. The minimum absolute atomic E-state index is 0.0656. The van der Waals surface area contributed by atoms with Crippen LogP contribution in [0.3, 0.4) is 0 Å². The third kappa shape index (κ3) is 2.51. The first-order valence-electron chi connectivity index (χ1n) is 7.39. The zero-order valence-electron chi connectivity index (χ0n) is 11.8. The van der Waals surface area contributed by atoms with Crippen molar-refractivity contribution in [2.75, 3.05) is 0 Å². The van der Waals surface area contributed by atoms with Crippen LogP contribution in [0.4, 0.5) is 0 Å². The maximum absolute atomic E-state index is 12.2. The van der Waals surface area contributed by atoms with Gasteiger partial charge in [0.05, 0.1) is 5.56 Å². The summed E-state index contributed by atoms with van der Waals surface area (Å²) in [7, 11) is 1.96. The lowest BCUT2D eigenvalue weighted by Crippen LogP contribution is -2.40. The Morgan fingerprint density at radius 2 is 2.05 bits per heavy atom. The molecule has 0 radical (unpaired) electrons. The van der Waals surface area contributed by atoms with Gasteiger partial charge in [-0.3, -0.25) is 4.79 Å². The SMILES string of the molecule is C[C@@H](NC(=O)c1cc[n+](C)cc1)[C@H]1C[C@H]2CC[C@H]1C2. The molecule has 102 valence electrons. The number of fused-ring (bicyclic) bond motifs is 2. The summed E-state index contributed by atoms with van der Waals surface area (Å²) in [5.74, 6) is 2.55. The highest BCUT2D eigenvalue weighted by Crippen LogP contribution is 2.49. The van der Waals surface area contributed by atoms with Gasteiger partial charge in [0.25, 0.3) is 5.91 Å². The number of nitrogens with one attached hydrogen (secondary N) is 1. The Kier molecular flexibility index (Phi) is 3.29. The Morgan fingerprint density at radius 3 is 2.63 bits per heavy atom. The van der Waals surface area contributed by atoms with Gasteiger partial charge in [-0.05, 0) is 43.9 Å². The van der Waals surface area contributed by atoms with E-state index in [1.54, 1.807) is 0 Å².